The first kappa shape index (κ1) is 13.4. The number of rotatable bonds is 3. The molecule has 1 aliphatic heterocycles. The van der Waals surface area contributed by atoms with E-state index in [9.17, 15) is 9.90 Å². The fourth-order valence-corrected chi connectivity index (χ4v) is 2.94. The molecule has 2 N–H and O–H groups in total. The second kappa shape index (κ2) is 5.28. The lowest BCUT2D eigenvalue weighted by Crippen LogP contribution is -2.57. The summed E-state index contributed by atoms with van der Waals surface area (Å²) in [4.78, 5) is 13.6. The van der Waals surface area contributed by atoms with E-state index in [0.717, 1.165) is 23.2 Å². The third kappa shape index (κ3) is 2.37. The summed E-state index contributed by atoms with van der Waals surface area (Å²) in [5, 5.41) is 12.3. The molecule has 0 aromatic heterocycles. The van der Waals surface area contributed by atoms with E-state index in [1.54, 1.807) is 7.05 Å². The highest BCUT2D eigenvalue weighted by Crippen LogP contribution is 2.31. The minimum Gasteiger partial charge on any atom is -0.480 e. The molecular weight excluding hydrogens is 296 g/mol. The van der Waals surface area contributed by atoms with Crippen molar-refractivity contribution in [3.8, 4) is 0 Å². The third-order valence-corrected chi connectivity index (χ3v) is 4.37. The highest BCUT2D eigenvalue weighted by molar-refractivity contribution is 9.10. The second-order valence-electron chi connectivity index (χ2n) is 4.58. The van der Waals surface area contributed by atoms with Crippen LogP contribution in [-0.2, 0) is 4.79 Å². The van der Waals surface area contributed by atoms with E-state index in [1.165, 1.54) is 0 Å². The molecule has 1 heterocycles. The Morgan fingerprint density at radius 3 is 2.50 bits per heavy atom. The standard InChI is InChI=1S/C13H17BrN2O2/c1-15-13(12(17)18)6-8-16(9-7-13)11-5-3-2-4-10(11)14/h2-5,15H,6-9H2,1H3,(H,17,18). The molecule has 4 nitrogen and oxygen atoms in total. The van der Waals surface area contributed by atoms with Crippen LogP contribution in [0.1, 0.15) is 12.8 Å². The predicted octanol–water partition coefficient (Wildman–Crippen LogP) is 2.09. The van der Waals surface area contributed by atoms with Crippen LogP contribution in [-0.4, -0.2) is 36.8 Å². The molecule has 2 rings (SSSR count). The Labute approximate surface area is 115 Å². The molecule has 0 bridgehead atoms. The van der Waals surface area contributed by atoms with Gasteiger partial charge in [0.25, 0.3) is 0 Å². The second-order valence-corrected chi connectivity index (χ2v) is 5.43. The van der Waals surface area contributed by atoms with Gasteiger partial charge in [-0.3, -0.25) is 4.79 Å². The number of carbonyl (C=O) groups is 1. The lowest BCUT2D eigenvalue weighted by molar-refractivity contribution is -0.145. The first-order valence-corrected chi connectivity index (χ1v) is 6.80. The summed E-state index contributed by atoms with van der Waals surface area (Å²) in [7, 11) is 1.72. The SMILES string of the molecule is CNC1(C(=O)O)CCN(c2ccccc2Br)CC1. The van der Waals surface area contributed by atoms with Crippen molar-refractivity contribution in [3.63, 3.8) is 0 Å². The molecule has 0 radical (unpaired) electrons. The zero-order valence-corrected chi connectivity index (χ0v) is 11.9. The van der Waals surface area contributed by atoms with Crippen molar-refractivity contribution < 1.29 is 9.90 Å². The summed E-state index contributed by atoms with van der Waals surface area (Å²) in [6, 6.07) is 8.04. The molecule has 0 amide bonds. The van der Waals surface area contributed by atoms with Gasteiger partial charge in [-0.05, 0) is 48.0 Å². The molecule has 1 aromatic carbocycles. The summed E-state index contributed by atoms with van der Waals surface area (Å²) >= 11 is 3.53. The first-order valence-electron chi connectivity index (χ1n) is 6.01. The smallest absolute Gasteiger partial charge is 0.324 e. The summed E-state index contributed by atoms with van der Waals surface area (Å²) in [5.41, 5.74) is 0.366. The number of nitrogens with zero attached hydrogens (tertiary/aromatic N) is 1. The molecule has 0 aliphatic carbocycles. The van der Waals surface area contributed by atoms with Gasteiger partial charge in [0.15, 0.2) is 0 Å². The maximum absolute atomic E-state index is 11.3. The fraction of sp³-hybridized carbons (Fsp3) is 0.462. The van der Waals surface area contributed by atoms with E-state index in [1.807, 2.05) is 18.2 Å². The highest BCUT2D eigenvalue weighted by atomic mass is 79.9. The summed E-state index contributed by atoms with van der Waals surface area (Å²) in [6.07, 6.45) is 1.22. The molecule has 5 heteroatoms. The van der Waals surface area contributed by atoms with Gasteiger partial charge < -0.3 is 15.3 Å². The minimum absolute atomic E-state index is 0.611. The Hall–Kier alpha value is -1.07. The highest BCUT2D eigenvalue weighted by Gasteiger charge is 2.40. The van der Waals surface area contributed by atoms with E-state index in [4.69, 9.17) is 0 Å². The molecule has 1 aliphatic rings. The first-order chi connectivity index (χ1) is 8.59. The van der Waals surface area contributed by atoms with Crippen LogP contribution in [0.25, 0.3) is 0 Å². The molecule has 0 unspecified atom stereocenters. The quantitative estimate of drug-likeness (QED) is 0.897. The Morgan fingerprint density at radius 2 is 2.00 bits per heavy atom. The van der Waals surface area contributed by atoms with Crippen molar-refractivity contribution >= 4 is 27.6 Å². The number of carboxylic acid groups (broad SMARTS) is 1. The maximum Gasteiger partial charge on any atom is 0.324 e. The van der Waals surface area contributed by atoms with Crippen molar-refractivity contribution in [3.05, 3.63) is 28.7 Å². The number of likely N-dealkylation sites (N-methyl/N-ethyl adjacent to an activating group) is 1. The van der Waals surface area contributed by atoms with Gasteiger partial charge in [0.2, 0.25) is 0 Å². The van der Waals surface area contributed by atoms with Gasteiger partial charge in [0.1, 0.15) is 5.54 Å². The van der Waals surface area contributed by atoms with Crippen LogP contribution < -0.4 is 10.2 Å². The zero-order chi connectivity index (χ0) is 13.2. The largest absolute Gasteiger partial charge is 0.480 e. The van der Waals surface area contributed by atoms with E-state index < -0.39 is 11.5 Å². The average molecular weight is 313 g/mol. The molecule has 1 saturated heterocycles. The number of anilines is 1. The van der Waals surface area contributed by atoms with Crippen LogP contribution in [0.5, 0.6) is 0 Å². The number of para-hydroxylation sites is 1. The summed E-state index contributed by atoms with van der Waals surface area (Å²) in [5.74, 6) is -0.753. The number of hydrogen-bond donors (Lipinski definition) is 2. The minimum atomic E-state index is -0.766. The Kier molecular flexibility index (Phi) is 3.92. The normalized spacial score (nSPS) is 18.7. The van der Waals surface area contributed by atoms with Crippen LogP contribution in [0, 0.1) is 0 Å². The van der Waals surface area contributed by atoms with Crippen molar-refractivity contribution in [2.45, 2.75) is 18.4 Å². The summed E-state index contributed by atoms with van der Waals surface area (Å²) in [6.45, 7) is 1.49. The van der Waals surface area contributed by atoms with E-state index in [2.05, 4.69) is 32.2 Å². The van der Waals surface area contributed by atoms with Crippen LogP contribution in [0.15, 0.2) is 28.7 Å². The molecule has 1 aromatic rings. The number of halogens is 1. The monoisotopic (exact) mass is 312 g/mol. The number of carboxylic acids is 1. The van der Waals surface area contributed by atoms with Gasteiger partial charge in [0, 0.05) is 17.6 Å². The van der Waals surface area contributed by atoms with Gasteiger partial charge in [-0.1, -0.05) is 12.1 Å². The number of hydrogen-bond acceptors (Lipinski definition) is 3. The molecule has 0 saturated carbocycles. The van der Waals surface area contributed by atoms with Gasteiger partial charge in [-0.15, -0.1) is 0 Å². The molecular formula is C13H17BrN2O2. The van der Waals surface area contributed by atoms with Crippen molar-refractivity contribution in [2.24, 2.45) is 0 Å². The van der Waals surface area contributed by atoms with Crippen molar-refractivity contribution in [1.29, 1.82) is 0 Å². The number of aliphatic carboxylic acids is 1. The zero-order valence-electron chi connectivity index (χ0n) is 10.3. The van der Waals surface area contributed by atoms with Crippen LogP contribution in [0.2, 0.25) is 0 Å². The predicted molar refractivity (Wildman–Crippen MR) is 75.0 cm³/mol. The lowest BCUT2D eigenvalue weighted by Gasteiger charge is -2.40. The number of piperidine rings is 1. The van der Waals surface area contributed by atoms with Crippen LogP contribution >= 0.6 is 15.9 Å². The molecule has 0 spiro atoms. The van der Waals surface area contributed by atoms with Crippen LogP contribution in [0.4, 0.5) is 5.69 Å². The lowest BCUT2D eigenvalue weighted by atomic mass is 9.87. The maximum atomic E-state index is 11.3. The molecule has 98 valence electrons. The van der Waals surface area contributed by atoms with E-state index in [-0.39, 0.29) is 0 Å². The van der Waals surface area contributed by atoms with Gasteiger partial charge in [0.05, 0.1) is 5.69 Å². The van der Waals surface area contributed by atoms with Gasteiger partial charge in [-0.2, -0.15) is 0 Å². The number of benzene rings is 1. The molecule has 18 heavy (non-hydrogen) atoms. The topological polar surface area (TPSA) is 52.6 Å². The number of nitrogens with one attached hydrogen (secondary N) is 1. The Bertz CT molecular complexity index is 442. The third-order valence-electron chi connectivity index (χ3n) is 3.70. The van der Waals surface area contributed by atoms with Crippen molar-refractivity contribution in [1.82, 2.24) is 5.32 Å². The average Bonchev–Trinajstić information content (AvgIpc) is 2.39. The Morgan fingerprint density at radius 1 is 1.39 bits per heavy atom. The van der Waals surface area contributed by atoms with Crippen LogP contribution in [0.3, 0.4) is 0 Å². The summed E-state index contributed by atoms with van der Waals surface area (Å²) < 4.78 is 1.05. The molecule has 1 fully saturated rings. The van der Waals surface area contributed by atoms with Gasteiger partial charge in [-0.25, -0.2) is 0 Å². The van der Waals surface area contributed by atoms with E-state index in [0.29, 0.717) is 12.8 Å². The fourth-order valence-electron chi connectivity index (χ4n) is 2.41. The molecule has 0 atom stereocenters. The van der Waals surface area contributed by atoms with Gasteiger partial charge >= 0.3 is 5.97 Å². The van der Waals surface area contributed by atoms with Crippen molar-refractivity contribution in [2.75, 3.05) is 25.0 Å². The Balaban J connectivity index is 2.11. The van der Waals surface area contributed by atoms with E-state index >= 15 is 0 Å².